The lowest BCUT2D eigenvalue weighted by Crippen LogP contribution is -2.40. The summed E-state index contributed by atoms with van der Waals surface area (Å²) in [6, 6.07) is 14.0. The van der Waals surface area contributed by atoms with E-state index in [0.29, 0.717) is 24.2 Å². The van der Waals surface area contributed by atoms with Crippen LogP contribution in [0.4, 0.5) is 5.69 Å². The lowest BCUT2D eigenvalue weighted by Gasteiger charge is -2.33. The number of rotatable bonds is 4. The van der Waals surface area contributed by atoms with Gasteiger partial charge in [-0.15, -0.1) is 0 Å². The van der Waals surface area contributed by atoms with Crippen LogP contribution >= 0.6 is 0 Å². The molecule has 6 nitrogen and oxygen atoms in total. The Balaban J connectivity index is 1.86. The molecule has 0 saturated heterocycles. The van der Waals surface area contributed by atoms with E-state index in [4.69, 9.17) is 0 Å². The summed E-state index contributed by atoms with van der Waals surface area (Å²) in [7, 11) is 0. The fourth-order valence-electron chi connectivity index (χ4n) is 3.13. The van der Waals surface area contributed by atoms with E-state index in [0.717, 1.165) is 11.1 Å². The molecule has 1 aliphatic rings. The number of nitrogens with zero attached hydrogens (tertiary/aromatic N) is 1. The standard InChI is InChI=1S/C20H20N2O4/c1-2-18(23)21-15-8-5-7-13(10-15)19(24)22-11-14-6-3-4-9-16(14)17(12-22)20(25)26/h3-10,17H,2,11-12H2,1H3,(H,21,23)(H,25,26). The number of hydrogen-bond acceptors (Lipinski definition) is 3. The van der Waals surface area contributed by atoms with Crippen molar-refractivity contribution in [1.29, 1.82) is 0 Å². The molecule has 0 aliphatic carbocycles. The zero-order valence-electron chi connectivity index (χ0n) is 14.4. The summed E-state index contributed by atoms with van der Waals surface area (Å²) in [6.45, 7) is 2.24. The maximum absolute atomic E-state index is 12.9. The lowest BCUT2D eigenvalue weighted by molar-refractivity contribution is -0.139. The quantitative estimate of drug-likeness (QED) is 0.886. The van der Waals surface area contributed by atoms with Crippen LogP contribution < -0.4 is 5.32 Å². The van der Waals surface area contributed by atoms with Crippen LogP contribution in [-0.2, 0) is 16.1 Å². The minimum atomic E-state index is -0.945. The van der Waals surface area contributed by atoms with Gasteiger partial charge in [-0.1, -0.05) is 37.3 Å². The molecule has 2 aromatic rings. The number of carbonyl (C=O) groups excluding carboxylic acids is 2. The van der Waals surface area contributed by atoms with Crippen LogP contribution in [0, 0.1) is 0 Å². The molecule has 0 aromatic heterocycles. The van der Waals surface area contributed by atoms with Crippen LogP contribution in [0.1, 0.15) is 40.7 Å². The third kappa shape index (κ3) is 3.59. The Bertz CT molecular complexity index is 862. The van der Waals surface area contributed by atoms with Gasteiger partial charge in [-0.25, -0.2) is 0 Å². The summed E-state index contributed by atoms with van der Waals surface area (Å²) in [5.41, 5.74) is 2.57. The third-order valence-electron chi connectivity index (χ3n) is 4.49. The van der Waals surface area contributed by atoms with Gasteiger partial charge in [-0.05, 0) is 29.3 Å². The Morgan fingerprint density at radius 1 is 1.15 bits per heavy atom. The fraction of sp³-hybridized carbons (Fsp3) is 0.250. The van der Waals surface area contributed by atoms with Gasteiger partial charge in [0.1, 0.15) is 0 Å². The molecule has 1 heterocycles. The van der Waals surface area contributed by atoms with Gasteiger partial charge in [0.25, 0.3) is 5.91 Å². The smallest absolute Gasteiger partial charge is 0.312 e. The first-order valence-electron chi connectivity index (χ1n) is 8.49. The predicted molar refractivity (Wildman–Crippen MR) is 96.9 cm³/mol. The molecule has 1 aliphatic heterocycles. The van der Waals surface area contributed by atoms with Crippen LogP contribution in [0.25, 0.3) is 0 Å². The van der Waals surface area contributed by atoms with Gasteiger partial charge in [-0.3, -0.25) is 14.4 Å². The molecule has 2 aromatic carbocycles. The SMILES string of the molecule is CCC(=O)Nc1cccc(C(=O)N2Cc3ccccc3C(C(=O)O)C2)c1. The van der Waals surface area contributed by atoms with E-state index in [2.05, 4.69) is 5.32 Å². The molecule has 2 N–H and O–H groups in total. The average molecular weight is 352 g/mol. The predicted octanol–water partition coefficient (Wildman–Crippen LogP) is 2.86. The lowest BCUT2D eigenvalue weighted by atomic mass is 9.89. The molecule has 3 rings (SSSR count). The van der Waals surface area contributed by atoms with E-state index in [-0.39, 0.29) is 18.4 Å². The van der Waals surface area contributed by atoms with Crippen molar-refractivity contribution in [2.75, 3.05) is 11.9 Å². The minimum Gasteiger partial charge on any atom is -0.481 e. The Labute approximate surface area is 151 Å². The molecule has 0 spiro atoms. The van der Waals surface area contributed by atoms with Crippen molar-refractivity contribution in [3.63, 3.8) is 0 Å². The first-order valence-corrected chi connectivity index (χ1v) is 8.49. The second-order valence-electron chi connectivity index (χ2n) is 6.26. The topological polar surface area (TPSA) is 86.7 Å². The summed E-state index contributed by atoms with van der Waals surface area (Å²) < 4.78 is 0. The van der Waals surface area contributed by atoms with Gasteiger partial charge in [0.15, 0.2) is 0 Å². The number of carboxylic acids is 1. The molecule has 26 heavy (non-hydrogen) atoms. The van der Waals surface area contributed by atoms with Crippen LogP contribution in [0.15, 0.2) is 48.5 Å². The highest BCUT2D eigenvalue weighted by molar-refractivity contribution is 5.97. The van der Waals surface area contributed by atoms with Gasteiger partial charge >= 0.3 is 5.97 Å². The van der Waals surface area contributed by atoms with Crippen molar-refractivity contribution in [1.82, 2.24) is 4.90 Å². The maximum Gasteiger partial charge on any atom is 0.312 e. The number of anilines is 1. The van der Waals surface area contributed by atoms with E-state index in [1.807, 2.05) is 18.2 Å². The van der Waals surface area contributed by atoms with Crippen molar-refractivity contribution in [2.45, 2.75) is 25.8 Å². The monoisotopic (exact) mass is 352 g/mol. The number of aliphatic carboxylic acids is 1. The van der Waals surface area contributed by atoms with Gasteiger partial charge in [0.2, 0.25) is 5.91 Å². The largest absolute Gasteiger partial charge is 0.481 e. The second kappa shape index (κ2) is 7.39. The van der Waals surface area contributed by atoms with E-state index < -0.39 is 11.9 Å². The summed E-state index contributed by atoms with van der Waals surface area (Å²) in [6.07, 6.45) is 0.349. The van der Waals surface area contributed by atoms with Crippen LogP contribution in [0.2, 0.25) is 0 Å². The Hall–Kier alpha value is -3.15. The molecule has 0 radical (unpaired) electrons. The summed E-state index contributed by atoms with van der Waals surface area (Å²) in [5.74, 6) is -2.07. The normalized spacial score (nSPS) is 15.9. The number of hydrogen-bond donors (Lipinski definition) is 2. The van der Waals surface area contributed by atoms with Crippen LogP contribution in [0.3, 0.4) is 0 Å². The van der Waals surface area contributed by atoms with E-state index in [1.165, 1.54) is 0 Å². The van der Waals surface area contributed by atoms with Gasteiger partial charge in [0, 0.05) is 30.8 Å². The van der Waals surface area contributed by atoms with E-state index >= 15 is 0 Å². The molecule has 0 saturated carbocycles. The Morgan fingerprint density at radius 2 is 1.92 bits per heavy atom. The number of carboxylic acid groups (broad SMARTS) is 1. The van der Waals surface area contributed by atoms with Crippen LogP contribution in [0.5, 0.6) is 0 Å². The summed E-state index contributed by atoms with van der Waals surface area (Å²) >= 11 is 0. The molecule has 0 bridgehead atoms. The maximum atomic E-state index is 12.9. The van der Waals surface area contributed by atoms with Gasteiger partial charge in [-0.2, -0.15) is 0 Å². The molecule has 134 valence electrons. The Kier molecular flexibility index (Phi) is 5.02. The van der Waals surface area contributed by atoms with Gasteiger partial charge < -0.3 is 15.3 Å². The molecular weight excluding hydrogens is 332 g/mol. The van der Waals surface area contributed by atoms with Crippen molar-refractivity contribution in [3.05, 3.63) is 65.2 Å². The number of carbonyl (C=O) groups is 3. The first kappa shape index (κ1) is 17.7. The number of fused-ring (bicyclic) bond motifs is 1. The summed E-state index contributed by atoms with van der Waals surface area (Å²) in [4.78, 5) is 37.6. The number of benzene rings is 2. The summed E-state index contributed by atoms with van der Waals surface area (Å²) in [5, 5.41) is 12.3. The van der Waals surface area contributed by atoms with E-state index in [9.17, 15) is 19.5 Å². The highest BCUT2D eigenvalue weighted by Crippen LogP contribution is 2.29. The van der Waals surface area contributed by atoms with Crippen molar-refractivity contribution in [3.8, 4) is 0 Å². The van der Waals surface area contributed by atoms with Crippen molar-refractivity contribution >= 4 is 23.5 Å². The minimum absolute atomic E-state index is 0.122. The number of nitrogens with one attached hydrogen (secondary N) is 1. The molecule has 1 unspecified atom stereocenters. The van der Waals surface area contributed by atoms with Gasteiger partial charge in [0.05, 0.1) is 5.92 Å². The number of amides is 2. The molecule has 0 fully saturated rings. The molecule has 6 heteroatoms. The van der Waals surface area contributed by atoms with Crippen molar-refractivity contribution < 1.29 is 19.5 Å². The van der Waals surface area contributed by atoms with Crippen LogP contribution in [-0.4, -0.2) is 34.3 Å². The zero-order chi connectivity index (χ0) is 18.7. The Morgan fingerprint density at radius 3 is 2.65 bits per heavy atom. The molecule has 2 amide bonds. The fourth-order valence-corrected chi connectivity index (χ4v) is 3.13. The first-order chi connectivity index (χ1) is 12.5. The van der Waals surface area contributed by atoms with E-state index in [1.54, 1.807) is 42.2 Å². The highest BCUT2D eigenvalue weighted by atomic mass is 16.4. The highest BCUT2D eigenvalue weighted by Gasteiger charge is 2.32. The second-order valence-corrected chi connectivity index (χ2v) is 6.26. The van der Waals surface area contributed by atoms with Crippen molar-refractivity contribution in [2.24, 2.45) is 0 Å². The zero-order valence-corrected chi connectivity index (χ0v) is 14.4. The molecule has 1 atom stereocenters. The third-order valence-corrected chi connectivity index (χ3v) is 4.49. The average Bonchev–Trinajstić information content (AvgIpc) is 2.66. The molecular formula is C20H20N2O4.